The highest BCUT2D eigenvalue weighted by Crippen LogP contribution is 2.22. The molecule has 0 radical (unpaired) electrons. The standard InChI is InChI=1S/C21H23FN2O2/c22-19-11-2-1-7-16(19)8-3-4-13-23-21(26)17-9-5-10-18(15-17)24-14-6-12-20(24)25/h1-2,5,7,9-11,15H,3-4,6,8,12-14H2,(H,23,26). The maximum Gasteiger partial charge on any atom is 0.251 e. The first-order valence-corrected chi connectivity index (χ1v) is 9.07. The van der Waals surface area contributed by atoms with Crippen LogP contribution >= 0.6 is 0 Å². The van der Waals surface area contributed by atoms with E-state index in [1.807, 2.05) is 12.1 Å². The number of aryl methyl sites for hydroxylation is 1. The van der Waals surface area contributed by atoms with Crippen molar-refractivity contribution in [1.82, 2.24) is 5.32 Å². The molecule has 5 heteroatoms. The van der Waals surface area contributed by atoms with E-state index in [1.54, 1.807) is 35.2 Å². The third-order valence-corrected chi connectivity index (χ3v) is 4.61. The zero-order chi connectivity index (χ0) is 18.4. The topological polar surface area (TPSA) is 49.4 Å². The predicted molar refractivity (Wildman–Crippen MR) is 99.7 cm³/mol. The number of nitrogens with one attached hydrogen (secondary N) is 1. The number of carbonyl (C=O) groups is 2. The molecule has 2 aromatic carbocycles. The maximum absolute atomic E-state index is 13.5. The highest BCUT2D eigenvalue weighted by Gasteiger charge is 2.22. The number of benzene rings is 2. The summed E-state index contributed by atoms with van der Waals surface area (Å²) in [4.78, 5) is 25.9. The molecule has 2 amide bonds. The van der Waals surface area contributed by atoms with Gasteiger partial charge in [0, 0.05) is 30.8 Å². The van der Waals surface area contributed by atoms with Gasteiger partial charge in [0.2, 0.25) is 5.91 Å². The second-order valence-corrected chi connectivity index (χ2v) is 6.50. The van der Waals surface area contributed by atoms with E-state index in [2.05, 4.69) is 5.32 Å². The van der Waals surface area contributed by atoms with Gasteiger partial charge in [-0.2, -0.15) is 0 Å². The van der Waals surface area contributed by atoms with Gasteiger partial charge in [-0.05, 0) is 55.5 Å². The third-order valence-electron chi connectivity index (χ3n) is 4.61. The summed E-state index contributed by atoms with van der Waals surface area (Å²) >= 11 is 0. The molecule has 0 aromatic heterocycles. The quantitative estimate of drug-likeness (QED) is 0.771. The number of hydrogen-bond donors (Lipinski definition) is 1. The van der Waals surface area contributed by atoms with E-state index >= 15 is 0 Å². The first kappa shape index (κ1) is 18.1. The molecule has 2 aromatic rings. The van der Waals surface area contributed by atoms with Crippen molar-refractivity contribution in [3.63, 3.8) is 0 Å². The number of hydrogen-bond acceptors (Lipinski definition) is 2. The molecule has 0 unspecified atom stereocenters. The summed E-state index contributed by atoms with van der Waals surface area (Å²) in [6.07, 6.45) is 3.68. The molecule has 26 heavy (non-hydrogen) atoms. The average molecular weight is 354 g/mol. The number of carbonyl (C=O) groups excluding carboxylic acids is 2. The van der Waals surface area contributed by atoms with Crippen molar-refractivity contribution in [3.8, 4) is 0 Å². The van der Waals surface area contributed by atoms with Gasteiger partial charge in [-0.1, -0.05) is 24.3 Å². The number of rotatable bonds is 7. The molecule has 0 aliphatic carbocycles. The molecule has 1 saturated heterocycles. The monoisotopic (exact) mass is 354 g/mol. The molecule has 1 aliphatic rings. The number of nitrogens with zero attached hydrogens (tertiary/aromatic N) is 1. The van der Waals surface area contributed by atoms with E-state index in [-0.39, 0.29) is 17.6 Å². The van der Waals surface area contributed by atoms with Gasteiger partial charge in [0.1, 0.15) is 5.82 Å². The molecule has 4 nitrogen and oxygen atoms in total. The zero-order valence-electron chi connectivity index (χ0n) is 14.7. The van der Waals surface area contributed by atoms with Crippen molar-refractivity contribution in [2.45, 2.75) is 32.1 Å². The van der Waals surface area contributed by atoms with Crippen LogP contribution in [0.1, 0.15) is 41.6 Å². The molecular weight excluding hydrogens is 331 g/mol. The molecule has 1 heterocycles. The van der Waals surface area contributed by atoms with Crippen molar-refractivity contribution in [3.05, 3.63) is 65.5 Å². The number of unbranched alkanes of at least 4 members (excludes halogenated alkanes) is 1. The van der Waals surface area contributed by atoms with Gasteiger partial charge in [-0.15, -0.1) is 0 Å². The molecule has 136 valence electrons. The van der Waals surface area contributed by atoms with Crippen molar-refractivity contribution in [2.24, 2.45) is 0 Å². The fourth-order valence-corrected chi connectivity index (χ4v) is 3.18. The molecule has 0 atom stereocenters. The summed E-state index contributed by atoms with van der Waals surface area (Å²) in [7, 11) is 0. The van der Waals surface area contributed by atoms with E-state index < -0.39 is 0 Å². The Bertz CT molecular complexity index is 791. The minimum absolute atomic E-state index is 0.107. The summed E-state index contributed by atoms with van der Waals surface area (Å²) in [5, 5.41) is 2.89. The van der Waals surface area contributed by atoms with E-state index in [1.165, 1.54) is 6.07 Å². The average Bonchev–Trinajstić information content (AvgIpc) is 3.09. The molecule has 0 bridgehead atoms. The Labute approximate surface area is 153 Å². The summed E-state index contributed by atoms with van der Waals surface area (Å²) in [5.41, 5.74) is 2.04. The van der Waals surface area contributed by atoms with Gasteiger partial charge in [-0.3, -0.25) is 9.59 Å². The second kappa shape index (κ2) is 8.61. The number of anilines is 1. The molecular formula is C21H23FN2O2. The SMILES string of the molecule is O=C(NCCCCc1ccccc1F)c1cccc(N2CCCC2=O)c1. The van der Waals surface area contributed by atoms with E-state index in [0.29, 0.717) is 37.1 Å². The summed E-state index contributed by atoms with van der Waals surface area (Å²) in [6, 6.07) is 13.9. The van der Waals surface area contributed by atoms with E-state index in [0.717, 1.165) is 24.9 Å². The fraction of sp³-hybridized carbons (Fsp3) is 0.333. The molecule has 1 fully saturated rings. The van der Waals surface area contributed by atoms with Gasteiger partial charge in [0.25, 0.3) is 5.91 Å². The minimum Gasteiger partial charge on any atom is -0.352 e. The highest BCUT2D eigenvalue weighted by atomic mass is 19.1. The van der Waals surface area contributed by atoms with Crippen LogP contribution in [-0.2, 0) is 11.2 Å². The maximum atomic E-state index is 13.5. The molecule has 1 aliphatic heterocycles. The van der Waals surface area contributed by atoms with Gasteiger partial charge >= 0.3 is 0 Å². The Morgan fingerprint density at radius 1 is 1.12 bits per heavy atom. The summed E-state index contributed by atoms with van der Waals surface area (Å²) in [5.74, 6) is -0.218. The third kappa shape index (κ3) is 4.48. The second-order valence-electron chi connectivity index (χ2n) is 6.50. The Kier molecular flexibility index (Phi) is 6.00. The van der Waals surface area contributed by atoms with Gasteiger partial charge in [-0.25, -0.2) is 4.39 Å². The van der Waals surface area contributed by atoms with Crippen LogP contribution in [0.15, 0.2) is 48.5 Å². The first-order chi connectivity index (χ1) is 12.6. The Balaban J connectivity index is 1.46. The Hall–Kier alpha value is -2.69. The highest BCUT2D eigenvalue weighted by molar-refractivity contribution is 5.99. The molecule has 0 saturated carbocycles. The zero-order valence-corrected chi connectivity index (χ0v) is 14.7. The summed E-state index contributed by atoms with van der Waals surface area (Å²) < 4.78 is 13.5. The lowest BCUT2D eigenvalue weighted by Crippen LogP contribution is -2.26. The van der Waals surface area contributed by atoms with Crippen molar-refractivity contribution in [2.75, 3.05) is 18.0 Å². The van der Waals surface area contributed by atoms with Gasteiger partial charge in [0.15, 0.2) is 0 Å². The Morgan fingerprint density at radius 3 is 2.73 bits per heavy atom. The first-order valence-electron chi connectivity index (χ1n) is 9.07. The summed E-state index contributed by atoms with van der Waals surface area (Å²) in [6.45, 7) is 1.25. The lowest BCUT2D eigenvalue weighted by atomic mass is 10.1. The van der Waals surface area contributed by atoms with Crippen LogP contribution in [0.25, 0.3) is 0 Å². The van der Waals surface area contributed by atoms with Crippen molar-refractivity contribution in [1.29, 1.82) is 0 Å². The van der Waals surface area contributed by atoms with Gasteiger partial charge < -0.3 is 10.2 Å². The lowest BCUT2D eigenvalue weighted by molar-refractivity contribution is -0.117. The lowest BCUT2D eigenvalue weighted by Gasteiger charge is -2.16. The molecule has 1 N–H and O–H groups in total. The van der Waals surface area contributed by atoms with E-state index in [9.17, 15) is 14.0 Å². The smallest absolute Gasteiger partial charge is 0.251 e. The largest absolute Gasteiger partial charge is 0.352 e. The van der Waals surface area contributed by atoms with Crippen LogP contribution in [0.3, 0.4) is 0 Å². The minimum atomic E-state index is -0.176. The van der Waals surface area contributed by atoms with Crippen LogP contribution in [0, 0.1) is 5.82 Å². The van der Waals surface area contributed by atoms with Crippen LogP contribution in [0.2, 0.25) is 0 Å². The predicted octanol–water partition coefficient (Wildman–Crippen LogP) is 3.71. The van der Waals surface area contributed by atoms with Crippen LogP contribution in [0.4, 0.5) is 10.1 Å². The molecule has 3 rings (SSSR count). The van der Waals surface area contributed by atoms with Crippen molar-refractivity contribution < 1.29 is 14.0 Å². The number of amides is 2. The van der Waals surface area contributed by atoms with Crippen LogP contribution in [0.5, 0.6) is 0 Å². The Morgan fingerprint density at radius 2 is 1.96 bits per heavy atom. The fourth-order valence-electron chi connectivity index (χ4n) is 3.18. The normalized spacial score (nSPS) is 13.9. The van der Waals surface area contributed by atoms with Crippen LogP contribution in [-0.4, -0.2) is 24.9 Å². The van der Waals surface area contributed by atoms with Gasteiger partial charge in [0.05, 0.1) is 0 Å². The molecule has 0 spiro atoms. The van der Waals surface area contributed by atoms with E-state index in [4.69, 9.17) is 0 Å². The number of halogens is 1. The van der Waals surface area contributed by atoms with Crippen LogP contribution < -0.4 is 10.2 Å². The van der Waals surface area contributed by atoms with Crippen molar-refractivity contribution >= 4 is 17.5 Å².